The maximum absolute atomic E-state index is 12.1. The molecule has 2 fully saturated rings. The third kappa shape index (κ3) is 1.69. The van der Waals surface area contributed by atoms with Crippen LogP contribution in [0.2, 0.25) is 0 Å². The van der Waals surface area contributed by atoms with E-state index in [9.17, 15) is 9.90 Å². The number of ketones is 1. The van der Waals surface area contributed by atoms with Crippen molar-refractivity contribution in [1.82, 2.24) is 0 Å². The Balaban J connectivity index is 2.00. The number of rotatable bonds is 1. The highest BCUT2D eigenvalue weighted by atomic mass is 16.6. The number of ether oxygens (including phenoxy) is 1. The average molecular weight is 320 g/mol. The quantitative estimate of drug-likeness (QED) is 0.595. The normalized spacial score (nSPS) is 45.7. The van der Waals surface area contributed by atoms with Crippen molar-refractivity contribution < 1.29 is 14.6 Å². The summed E-state index contributed by atoms with van der Waals surface area (Å²) in [5.41, 5.74) is -1.06. The Kier molecular flexibility index (Phi) is 3.05. The lowest BCUT2D eigenvalue weighted by molar-refractivity contribution is -0.110. The Morgan fingerprint density at radius 2 is 2.00 bits per heavy atom. The van der Waals surface area contributed by atoms with E-state index in [0.717, 1.165) is 12.0 Å². The number of epoxide rings is 1. The molecule has 1 heterocycles. The molecule has 1 N–H and O–H groups in total. The van der Waals surface area contributed by atoms with Gasteiger partial charge in [0.15, 0.2) is 17.5 Å². The number of carbonyl (C=O) groups is 1. The maximum atomic E-state index is 12.1. The van der Waals surface area contributed by atoms with E-state index in [1.165, 1.54) is 0 Å². The molecule has 1 saturated heterocycles. The third-order valence-electron chi connectivity index (χ3n) is 5.90. The second-order valence-corrected chi connectivity index (χ2v) is 7.57. The van der Waals surface area contributed by atoms with Crippen molar-refractivity contribution in [2.75, 3.05) is 0 Å². The van der Waals surface area contributed by atoms with E-state index in [0.29, 0.717) is 0 Å². The van der Waals surface area contributed by atoms with Gasteiger partial charge in [0, 0.05) is 5.41 Å². The van der Waals surface area contributed by atoms with E-state index in [-0.39, 0.29) is 23.0 Å². The second kappa shape index (κ2) is 4.73. The smallest absolute Gasteiger partial charge is 0.178 e. The van der Waals surface area contributed by atoms with Gasteiger partial charge in [-0.05, 0) is 42.2 Å². The van der Waals surface area contributed by atoms with Crippen LogP contribution in [-0.4, -0.2) is 28.2 Å². The van der Waals surface area contributed by atoms with Crippen LogP contribution in [-0.2, 0) is 9.53 Å². The Labute approximate surface area is 142 Å². The first-order valence-corrected chi connectivity index (χ1v) is 8.38. The van der Waals surface area contributed by atoms with Gasteiger partial charge in [0.05, 0.1) is 5.92 Å². The minimum absolute atomic E-state index is 0.0308. The Morgan fingerprint density at radius 3 is 2.71 bits per heavy atom. The van der Waals surface area contributed by atoms with Gasteiger partial charge in [-0.25, -0.2) is 0 Å². The van der Waals surface area contributed by atoms with Crippen LogP contribution in [0.1, 0.15) is 27.2 Å². The van der Waals surface area contributed by atoms with Gasteiger partial charge in [0.2, 0.25) is 0 Å². The van der Waals surface area contributed by atoms with Crippen molar-refractivity contribution in [3.63, 3.8) is 0 Å². The number of aliphatic hydroxyl groups is 1. The van der Waals surface area contributed by atoms with Crippen molar-refractivity contribution >= 4 is 5.78 Å². The average Bonchev–Trinajstić information content (AvgIpc) is 3.25. The van der Waals surface area contributed by atoms with Gasteiger partial charge in [0.1, 0.15) is 5.60 Å². The fraction of sp³-hybridized carbons (Fsp3) is 0.476. The van der Waals surface area contributed by atoms with E-state index in [1.54, 1.807) is 24.3 Å². The van der Waals surface area contributed by atoms with Crippen LogP contribution in [0, 0.1) is 40.9 Å². The van der Waals surface area contributed by atoms with Gasteiger partial charge < -0.3 is 9.84 Å². The van der Waals surface area contributed by atoms with Gasteiger partial charge in [-0.15, -0.1) is 0 Å². The lowest BCUT2D eigenvalue weighted by Crippen LogP contribution is -2.54. The number of carbonyl (C=O) groups excluding carboxylic acids is 1. The van der Waals surface area contributed by atoms with Gasteiger partial charge in [-0.2, -0.15) is 0 Å². The van der Waals surface area contributed by atoms with Crippen LogP contribution in [0.25, 0.3) is 0 Å². The monoisotopic (exact) mass is 320 g/mol. The molecule has 0 spiro atoms. The van der Waals surface area contributed by atoms with Gasteiger partial charge in [-0.1, -0.05) is 50.5 Å². The van der Waals surface area contributed by atoms with Crippen LogP contribution < -0.4 is 0 Å². The summed E-state index contributed by atoms with van der Waals surface area (Å²) in [6.07, 6.45) is 8.33. The number of hydrogen-bond donors (Lipinski definition) is 1. The summed E-state index contributed by atoms with van der Waals surface area (Å²) in [4.78, 5) is 12.1. The maximum Gasteiger partial charge on any atom is 0.178 e. The Hall–Kier alpha value is -2.07. The minimum Gasteiger partial charge on any atom is -0.377 e. The lowest BCUT2D eigenvalue weighted by atomic mass is 9.54. The molecule has 3 nitrogen and oxygen atoms in total. The zero-order chi connectivity index (χ0) is 17.2. The summed E-state index contributed by atoms with van der Waals surface area (Å²) >= 11 is 0. The largest absolute Gasteiger partial charge is 0.377 e. The summed E-state index contributed by atoms with van der Waals surface area (Å²) in [7, 11) is 0. The minimum atomic E-state index is -0.989. The van der Waals surface area contributed by atoms with Crippen molar-refractivity contribution in [2.24, 2.45) is 17.3 Å². The van der Waals surface area contributed by atoms with Crippen LogP contribution in [0.4, 0.5) is 0 Å². The zero-order valence-electron chi connectivity index (χ0n) is 14.1. The highest BCUT2D eigenvalue weighted by Crippen LogP contribution is 2.71. The molecule has 24 heavy (non-hydrogen) atoms. The fourth-order valence-electron chi connectivity index (χ4n) is 4.82. The van der Waals surface area contributed by atoms with E-state index < -0.39 is 17.3 Å². The van der Waals surface area contributed by atoms with Crippen molar-refractivity contribution in [3.05, 3.63) is 36.0 Å². The molecule has 3 aliphatic carbocycles. The summed E-state index contributed by atoms with van der Waals surface area (Å²) in [6.45, 7) is 6.26. The van der Waals surface area contributed by atoms with E-state index in [4.69, 9.17) is 4.74 Å². The van der Waals surface area contributed by atoms with Crippen molar-refractivity contribution in [3.8, 4) is 23.7 Å². The fourth-order valence-corrected chi connectivity index (χ4v) is 4.82. The molecule has 1 unspecified atom stereocenters. The predicted molar refractivity (Wildman–Crippen MR) is 90.5 cm³/mol. The molecule has 0 radical (unpaired) electrons. The molecular formula is C21H20O3. The number of allylic oxidation sites excluding steroid dienone is 5. The number of fused-ring (bicyclic) bond motifs is 1. The standard InChI is InChI=1S/C21H20O3/c1-14(2)20-15-8-6-4-5-7-9-18(23)21(20,24-20)17-12-16(22)10-11-19(17,3)13-15/h4-5,10-12,14-15,18,23H,13H2,1-3H3/b5-4-/t15-,18?,19+,20+,21+/m1/s1. The van der Waals surface area contributed by atoms with E-state index in [1.807, 2.05) is 6.08 Å². The third-order valence-corrected chi connectivity index (χ3v) is 5.90. The molecule has 0 aromatic heterocycles. The molecule has 2 bridgehead atoms. The molecule has 0 aromatic rings. The van der Waals surface area contributed by atoms with Gasteiger partial charge >= 0.3 is 0 Å². The first-order chi connectivity index (χ1) is 11.4. The molecule has 3 heteroatoms. The number of hydrogen-bond acceptors (Lipinski definition) is 3. The molecular weight excluding hydrogens is 300 g/mol. The first kappa shape index (κ1) is 15.5. The lowest BCUT2D eigenvalue weighted by Gasteiger charge is -2.45. The van der Waals surface area contributed by atoms with E-state index in [2.05, 4.69) is 44.5 Å². The highest BCUT2D eigenvalue weighted by Gasteiger charge is 2.82. The topological polar surface area (TPSA) is 49.8 Å². The van der Waals surface area contributed by atoms with Crippen LogP contribution in [0.15, 0.2) is 36.0 Å². The Bertz CT molecular complexity index is 838. The van der Waals surface area contributed by atoms with Crippen LogP contribution in [0.3, 0.4) is 0 Å². The molecule has 0 aromatic carbocycles. The highest BCUT2D eigenvalue weighted by molar-refractivity contribution is 6.01. The van der Waals surface area contributed by atoms with Crippen LogP contribution in [0.5, 0.6) is 0 Å². The SMILES string of the molecule is CC(C)[C@@]12O[C@]13C1=CC(=O)C=C[C@@]1(C)C[C@H]2C#C/C=C\C#CC3O. The van der Waals surface area contributed by atoms with Gasteiger partial charge in [0.25, 0.3) is 0 Å². The number of aliphatic hydroxyl groups excluding tert-OH is 1. The second-order valence-electron chi connectivity index (χ2n) is 7.57. The Morgan fingerprint density at radius 1 is 1.29 bits per heavy atom. The molecule has 122 valence electrons. The molecule has 5 atom stereocenters. The summed E-state index contributed by atoms with van der Waals surface area (Å²) in [6, 6.07) is 0. The summed E-state index contributed by atoms with van der Waals surface area (Å²) in [5.74, 6) is 12.2. The van der Waals surface area contributed by atoms with Gasteiger partial charge in [-0.3, -0.25) is 4.79 Å². The van der Waals surface area contributed by atoms with Crippen LogP contribution >= 0.6 is 0 Å². The van der Waals surface area contributed by atoms with Crippen molar-refractivity contribution in [1.29, 1.82) is 0 Å². The first-order valence-electron chi connectivity index (χ1n) is 8.38. The molecule has 1 aliphatic heterocycles. The molecule has 1 saturated carbocycles. The zero-order valence-corrected chi connectivity index (χ0v) is 14.1. The van der Waals surface area contributed by atoms with Crippen molar-refractivity contribution in [2.45, 2.75) is 44.5 Å². The molecule has 0 amide bonds. The molecule has 4 aliphatic rings. The predicted octanol–water partition coefficient (Wildman–Crippen LogP) is 2.18. The molecule has 4 rings (SSSR count). The summed E-state index contributed by atoms with van der Waals surface area (Å²) < 4.78 is 6.37. The summed E-state index contributed by atoms with van der Waals surface area (Å²) in [5, 5.41) is 10.9. The van der Waals surface area contributed by atoms with E-state index >= 15 is 0 Å².